The number of amides is 3. The Labute approximate surface area is 212 Å². The number of urea groups is 1. The topological polar surface area (TPSA) is 98.1 Å². The fourth-order valence-corrected chi connectivity index (χ4v) is 5.95. The van der Waals surface area contributed by atoms with Gasteiger partial charge in [0.2, 0.25) is 0 Å². The molecule has 2 fully saturated rings. The van der Waals surface area contributed by atoms with Crippen LogP contribution in [0.3, 0.4) is 0 Å². The summed E-state index contributed by atoms with van der Waals surface area (Å²) in [5.41, 5.74) is 0.749. The van der Waals surface area contributed by atoms with Crippen LogP contribution in [0.1, 0.15) is 55.9 Å². The Bertz CT molecular complexity index is 1160. The Morgan fingerprint density at radius 1 is 1.11 bits per heavy atom. The number of hydrogen-bond acceptors (Lipinski definition) is 5. The molecule has 0 spiro atoms. The van der Waals surface area contributed by atoms with E-state index in [1.807, 2.05) is 38.1 Å². The van der Waals surface area contributed by atoms with Crippen molar-refractivity contribution in [1.82, 2.24) is 24.6 Å². The minimum atomic E-state index is -0.639. The highest BCUT2D eigenvalue weighted by Crippen LogP contribution is 2.36. The second kappa shape index (κ2) is 10.6. The van der Waals surface area contributed by atoms with E-state index in [1.165, 1.54) is 9.80 Å². The average molecular weight is 498 g/mol. The predicted octanol–water partition coefficient (Wildman–Crippen LogP) is 2.28. The van der Waals surface area contributed by atoms with E-state index in [1.54, 1.807) is 31.8 Å². The number of aromatic nitrogens is 1. The van der Waals surface area contributed by atoms with Crippen LogP contribution in [0.5, 0.6) is 0 Å². The molecule has 3 amide bonds. The fourth-order valence-electron chi connectivity index (χ4n) is 5.95. The van der Waals surface area contributed by atoms with Gasteiger partial charge in [0, 0.05) is 58.4 Å². The third-order valence-corrected chi connectivity index (χ3v) is 7.54. The molecule has 2 aliphatic heterocycles. The van der Waals surface area contributed by atoms with E-state index in [-0.39, 0.29) is 53.8 Å². The molecule has 2 bridgehead atoms. The fraction of sp³-hybridized carbons (Fsp3) is 0.593. The Balaban J connectivity index is 1.42. The Morgan fingerprint density at radius 2 is 1.75 bits per heavy atom. The van der Waals surface area contributed by atoms with Crippen molar-refractivity contribution in [3.8, 4) is 0 Å². The van der Waals surface area contributed by atoms with E-state index in [0.29, 0.717) is 6.54 Å². The van der Waals surface area contributed by atoms with Crippen LogP contribution in [0.4, 0.5) is 4.79 Å². The third-order valence-electron chi connectivity index (χ3n) is 7.54. The van der Waals surface area contributed by atoms with Gasteiger partial charge in [-0.2, -0.15) is 0 Å². The number of carbonyl (C=O) groups excluding carboxylic acids is 2. The number of benzene rings is 1. The monoisotopic (exact) mass is 497 g/mol. The molecule has 9 heteroatoms. The van der Waals surface area contributed by atoms with E-state index in [0.717, 1.165) is 36.6 Å². The number of para-hydroxylation sites is 1. The van der Waals surface area contributed by atoms with Crippen LogP contribution in [-0.4, -0.2) is 94.8 Å². The summed E-state index contributed by atoms with van der Waals surface area (Å²) in [5.74, 6) is -0.318. The molecule has 2 aromatic rings. The van der Waals surface area contributed by atoms with E-state index < -0.39 is 6.10 Å². The molecule has 196 valence electrons. The first-order valence-corrected chi connectivity index (χ1v) is 12.9. The zero-order valence-corrected chi connectivity index (χ0v) is 22.0. The number of aliphatic hydroxyl groups is 1. The highest BCUT2D eigenvalue weighted by atomic mass is 16.3. The average Bonchev–Trinajstić information content (AvgIpc) is 3.04. The lowest BCUT2D eigenvalue weighted by molar-refractivity contribution is 0.0393. The SMILES string of the molecule is CC(C)n1c(=O)c(C(=O)NC2C[C@H]3CC[C@@H](C2)N3CC(O)CN(C)C(=O)N(C)C)cc2ccccc21. The van der Waals surface area contributed by atoms with Crippen molar-refractivity contribution in [2.45, 2.75) is 69.8 Å². The molecule has 1 aromatic carbocycles. The molecule has 2 aliphatic rings. The summed E-state index contributed by atoms with van der Waals surface area (Å²) in [4.78, 5) is 44.0. The van der Waals surface area contributed by atoms with Crippen LogP contribution in [0.15, 0.2) is 35.1 Å². The Morgan fingerprint density at radius 3 is 2.36 bits per heavy atom. The van der Waals surface area contributed by atoms with Gasteiger partial charge in [-0.15, -0.1) is 0 Å². The number of piperidine rings is 1. The van der Waals surface area contributed by atoms with Crippen LogP contribution in [0.2, 0.25) is 0 Å². The molecule has 0 aliphatic carbocycles. The summed E-state index contributed by atoms with van der Waals surface area (Å²) < 4.78 is 1.69. The number of fused-ring (bicyclic) bond motifs is 3. The first-order valence-electron chi connectivity index (χ1n) is 12.9. The number of hydrogen-bond donors (Lipinski definition) is 2. The summed E-state index contributed by atoms with van der Waals surface area (Å²) >= 11 is 0. The Hall–Kier alpha value is -2.91. The van der Waals surface area contributed by atoms with Gasteiger partial charge in [-0.05, 0) is 57.0 Å². The maximum atomic E-state index is 13.3. The number of carbonyl (C=O) groups is 2. The van der Waals surface area contributed by atoms with E-state index >= 15 is 0 Å². The van der Waals surface area contributed by atoms with Crippen molar-refractivity contribution in [1.29, 1.82) is 0 Å². The van der Waals surface area contributed by atoms with E-state index in [9.17, 15) is 19.5 Å². The first-order chi connectivity index (χ1) is 17.1. The van der Waals surface area contributed by atoms with Crippen LogP contribution < -0.4 is 10.9 Å². The molecule has 1 aromatic heterocycles. The molecule has 4 rings (SSSR count). The lowest BCUT2D eigenvalue weighted by Crippen LogP contribution is -2.53. The summed E-state index contributed by atoms with van der Waals surface area (Å²) in [6.45, 7) is 4.68. The highest BCUT2D eigenvalue weighted by Gasteiger charge is 2.42. The third kappa shape index (κ3) is 5.27. The van der Waals surface area contributed by atoms with Gasteiger partial charge < -0.3 is 24.8 Å². The smallest absolute Gasteiger partial charge is 0.319 e. The number of aliphatic hydroxyl groups excluding tert-OH is 1. The largest absolute Gasteiger partial charge is 0.390 e. The van der Waals surface area contributed by atoms with Crippen molar-refractivity contribution in [3.05, 3.63) is 46.2 Å². The Kier molecular flexibility index (Phi) is 7.70. The zero-order valence-electron chi connectivity index (χ0n) is 22.0. The lowest BCUT2D eigenvalue weighted by atomic mass is 9.96. The lowest BCUT2D eigenvalue weighted by Gasteiger charge is -2.40. The molecule has 2 saturated heterocycles. The zero-order chi connectivity index (χ0) is 26.1. The van der Waals surface area contributed by atoms with Crippen LogP contribution in [0, 0.1) is 0 Å². The van der Waals surface area contributed by atoms with Crippen molar-refractivity contribution < 1.29 is 14.7 Å². The molecule has 36 heavy (non-hydrogen) atoms. The van der Waals surface area contributed by atoms with Gasteiger partial charge in [0.15, 0.2) is 0 Å². The van der Waals surface area contributed by atoms with Gasteiger partial charge in [0.25, 0.3) is 11.5 Å². The first kappa shape index (κ1) is 26.2. The molecular weight excluding hydrogens is 458 g/mol. The second-order valence-corrected chi connectivity index (χ2v) is 10.8. The molecule has 4 atom stereocenters. The number of likely N-dealkylation sites (N-methyl/N-ethyl adjacent to an activating group) is 1. The van der Waals surface area contributed by atoms with Crippen LogP contribution >= 0.6 is 0 Å². The maximum absolute atomic E-state index is 13.3. The summed E-state index contributed by atoms with van der Waals surface area (Å²) in [6, 6.07) is 9.68. The van der Waals surface area contributed by atoms with E-state index in [2.05, 4.69) is 10.2 Å². The maximum Gasteiger partial charge on any atom is 0.319 e. The standard InChI is InChI=1S/C27H39N5O4/c1-17(2)32-24-9-7-6-8-18(24)12-23(26(32)35)25(34)28-19-13-20-10-11-21(14-19)31(20)16-22(33)15-30(5)27(36)29(3)4/h6-9,12,17,19-22,33H,10-11,13-16H2,1-5H3,(H,28,34)/t19?,20-,21+,22?. The summed E-state index contributed by atoms with van der Waals surface area (Å²) in [6.07, 6.45) is 2.97. The minimum absolute atomic E-state index is 0.0141. The highest BCUT2D eigenvalue weighted by molar-refractivity contribution is 5.97. The van der Waals surface area contributed by atoms with Gasteiger partial charge in [-0.25, -0.2) is 4.79 Å². The second-order valence-electron chi connectivity index (χ2n) is 10.8. The number of pyridine rings is 1. The molecule has 2 N–H and O–H groups in total. The molecule has 2 unspecified atom stereocenters. The van der Waals surface area contributed by atoms with Crippen molar-refractivity contribution in [3.63, 3.8) is 0 Å². The number of nitrogens with one attached hydrogen (secondary N) is 1. The predicted molar refractivity (Wildman–Crippen MR) is 140 cm³/mol. The molecule has 0 radical (unpaired) electrons. The molecule has 3 heterocycles. The van der Waals surface area contributed by atoms with Crippen molar-refractivity contribution in [2.24, 2.45) is 0 Å². The van der Waals surface area contributed by atoms with Gasteiger partial charge in [0.1, 0.15) is 5.56 Å². The van der Waals surface area contributed by atoms with Crippen LogP contribution in [0.25, 0.3) is 10.9 Å². The molecular formula is C27H39N5O4. The molecule has 9 nitrogen and oxygen atoms in total. The van der Waals surface area contributed by atoms with Crippen LogP contribution in [-0.2, 0) is 0 Å². The van der Waals surface area contributed by atoms with Crippen molar-refractivity contribution in [2.75, 3.05) is 34.2 Å². The van der Waals surface area contributed by atoms with Gasteiger partial charge in [0.05, 0.1) is 11.6 Å². The quantitative estimate of drug-likeness (QED) is 0.612. The molecule has 0 saturated carbocycles. The van der Waals surface area contributed by atoms with Gasteiger partial charge in [-0.1, -0.05) is 18.2 Å². The number of rotatable bonds is 7. The van der Waals surface area contributed by atoms with Gasteiger partial charge >= 0.3 is 6.03 Å². The summed E-state index contributed by atoms with van der Waals surface area (Å²) in [7, 11) is 5.09. The normalized spacial score (nSPS) is 22.6. The van der Waals surface area contributed by atoms with E-state index in [4.69, 9.17) is 0 Å². The number of nitrogens with zero attached hydrogens (tertiary/aromatic N) is 4. The van der Waals surface area contributed by atoms with Gasteiger partial charge in [-0.3, -0.25) is 14.5 Å². The minimum Gasteiger partial charge on any atom is -0.390 e. The summed E-state index contributed by atoms with van der Waals surface area (Å²) in [5, 5.41) is 14.7. The van der Waals surface area contributed by atoms with Crippen molar-refractivity contribution >= 4 is 22.8 Å².